The number of carbonyl (C=O) groups is 1. The second kappa shape index (κ2) is 6.88. The van der Waals surface area contributed by atoms with Gasteiger partial charge in [-0.1, -0.05) is 55.5 Å². The van der Waals surface area contributed by atoms with Crippen LogP contribution in [0.4, 0.5) is 5.69 Å². The zero-order valence-electron chi connectivity index (χ0n) is 14.0. The Morgan fingerprint density at radius 1 is 1.24 bits per heavy atom. The molecule has 6 heteroatoms. The fourth-order valence-corrected chi connectivity index (χ4v) is 4.89. The third-order valence-corrected chi connectivity index (χ3v) is 6.29. The molecule has 0 aromatic heterocycles. The van der Waals surface area contributed by atoms with Crippen LogP contribution in [0.1, 0.15) is 25.3 Å². The van der Waals surface area contributed by atoms with Crippen LogP contribution in [0, 0.1) is 5.92 Å². The highest BCUT2D eigenvalue weighted by Gasteiger charge is 2.29. The molecule has 3 rings (SSSR count). The number of anilines is 1. The van der Waals surface area contributed by atoms with E-state index in [0.29, 0.717) is 29.5 Å². The van der Waals surface area contributed by atoms with Gasteiger partial charge < -0.3 is 5.11 Å². The Balaban J connectivity index is 2.04. The molecule has 132 valence electrons. The van der Waals surface area contributed by atoms with Crippen molar-refractivity contribution in [1.82, 2.24) is 0 Å². The first-order chi connectivity index (χ1) is 11.9. The van der Waals surface area contributed by atoms with Gasteiger partial charge in [-0.25, -0.2) is 8.42 Å². The summed E-state index contributed by atoms with van der Waals surface area (Å²) in [5.41, 5.74) is 0.844. The fraction of sp³-hybridized carbons (Fsp3) is 0.316. The monoisotopic (exact) mass is 359 g/mol. The zero-order valence-corrected chi connectivity index (χ0v) is 14.8. The molecule has 0 radical (unpaired) electrons. The lowest BCUT2D eigenvalue weighted by Gasteiger charge is -2.24. The summed E-state index contributed by atoms with van der Waals surface area (Å²) < 4.78 is 28.5. The number of carboxylic acid groups (broad SMARTS) is 1. The van der Waals surface area contributed by atoms with Crippen LogP contribution in [-0.4, -0.2) is 24.7 Å². The Morgan fingerprint density at radius 3 is 2.72 bits per heavy atom. The number of hydrogen-bond acceptors (Lipinski definition) is 3. The van der Waals surface area contributed by atoms with Crippen molar-refractivity contribution in [2.75, 3.05) is 4.72 Å². The van der Waals surface area contributed by atoms with E-state index in [-0.39, 0.29) is 12.3 Å². The van der Waals surface area contributed by atoms with Crippen LogP contribution in [0.3, 0.4) is 0 Å². The first kappa shape index (κ1) is 17.5. The van der Waals surface area contributed by atoms with E-state index in [9.17, 15) is 13.2 Å². The molecule has 2 aromatic carbocycles. The van der Waals surface area contributed by atoms with Gasteiger partial charge >= 0.3 is 5.97 Å². The largest absolute Gasteiger partial charge is 0.481 e. The predicted molar refractivity (Wildman–Crippen MR) is 99.2 cm³/mol. The molecule has 0 spiro atoms. The number of nitrogens with one attached hydrogen (secondary N) is 1. The molecule has 0 heterocycles. The number of sulfonamides is 1. The zero-order chi connectivity index (χ0) is 18.0. The number of aliphatic carboxylic acids is 1. The molecule has 2 aromatic rings. The van der Waals surface area contributed by atoms with Crippen LogP contribution in [0.25, 0.3) is 10.8 Å². The van der Waals surface area contributed by atoms with E-state index in [4.69, 9.17) is 5.11 Å². The van der Waals surface area contributed by atoms with Crippen LogP contribution >= 0.6 is 0 Å². The molecule has 1 aliphatic rings. The van der Waals surface area contributed by atoms with Crippen molar-refractivity contribution < 1.29 is 18.3 Å². The van der Waals surface area contributed by atoms with Crippen molar-refractivity contribution in [3.63, 3.8) is 0 Å². The molecule has 25 heavy (non-hydrogen) atoms. The lowest BCUT2D eigenvalue weighted by Crippen LogP contribution is -2.31. The smallest absolute Gasteiger partial charge is 0.307 e. The second-order valence-electron chi connectivity index (χ2n) is 6.54. The second-order valence-corrected chi connectivity index (χ2v) is 8.50. The standard InChI is InChI=1S/C19H21NO4S/c1-13-5-4-7-16(11-13)25(23,24)20-19-15(12-18(21)22)10-9-14-6-2-3-8-17(14)19/h2-6,8-10,13,16,20H,7,11-12H2,1H3,(H,21,22)/t13-,16-/m1/s1. The van der Waals surface area contributed by atoms with Gasteiger partial charge in [0.25, 0.3) is 0 Å². The van der Waals surface area contributed by atoms with Gasteiger partial charge in [0.1, 0.15) is 0 Å². The van der Waals surface area contributed by atoms with E-state index in [1.165, 1.54) is 0 Å². The minimum atomic E-state index is -3.61. The molecule has 0 bridgehead atoms. The number of benzene rings is 2. The van der Waals surface area contributed by atoms with Crippen LogP contribution in [-0.2, 0) is 21.2 Å². The van der Waals surface area contributed by atoms with Crippen molar-refractivity contribution in [3.8, 4) is 0 Å². The number of allylic oxidation sites excluding steroid dienone is 2. The Labute approximate surface area is 147 Å². The lowest BCUT2D eigenvalue weighted by atomic mass is 9.98. The van der Waals surface area contributed by atoms with Crippen molar-refractivity contribution in [3.05, 3.63) is 54.1 Å². The van der Waals surface area contributed by atoms with Gasteiger partial charge in [-0.3, -0.25) is 9.52 Å². The highest BCUT2D eigenvalue weighted by atomic mass is 32.2. The van der Waals surface area contributed by atoms with E-state index in [1.807, 2.05) is 49.4 Å². The third-order valence-electron chi connectivity index (χ3n) is 4.54. The Bertz CT molecular complexity index is 934. The van der Waals surface area contributed by atoms with Gasteiger partial charge in [-0.2, -0.15) is 0 Å². The molecule has 0 unspecified atom stereocenters. The number of fused-ring (bicyclic) bond motifs is 1. The van der Waals surface area contributed by atoms with Gasteiger partial charge in [0.15, 0.2) is 0 Å². The molecule has 5 nitrogen and oxygen atoms in total. The summed E-state index contributed by atoms with van der Waals surface area (Å²) in [4.78, 5) is 11.2. The molecule has 2 N–H and O–H groups in total. The summed E-state index contributed by atoms with van der Waals surface area (Å²) in [6.07, 6.45) is 4.73. The maximum atomic E-state index is 12.9. The minimum absolute atomic E-state index is 0.210. The van der Waals surface area contributed by atoms with Gasteiger partial charge in [-0.15, -0.1) is 0 Å². The summed E-state index contributed by atoms with van der Waals surface area (Å²) >= 11 is 0. The van der Waals surface area contributed by atoms with Crippen LogP contribution < -0.4 is 4.72 Å². The lowest BCUT2D eigenvalue weighted by molar-refractivity contribution is -0.136. The Hall–Kier alpha value is -2.34. The molecular weight excluding hydrogens is 338 g/mol. The predicted octanol–water partition coefficient (Wildman–Crippen LogP) is 3.56. The molecule has 0 aliphatic heterocycles. The van der Waals surface area contributed by atoms with Crippen LogP contribution in [0.15, 0.2) is 48.6 Å². The average molecular weight is 359 g/mol. The van der Waals surface area contributed by atoms with Crippen LogP contribution in [0.2, 0.25) is 0 Å². The van der Waals surface area contributed by atoms with Gasteiger partial charge in [0, 0.05) is 5.39 Å². The van der Waals surface area contributed by atoms with Crippen molar-refractivity contribution >= 4 is 32.5 Å². The maximum absolute atomic E-state index is 12.9. The van der Waals surface area contributed by atoms with Gasteiger partial charge in [0.2, 0.25) is 10.0 Å². The molecule has 0 saturated carbocycles. The first-order valence-corrected chi connectivity index (χ1v) is 9.82. The number of carboxylic acids is 1. The average Bonchev–Trinajstić information content (AvgIpc) is 2.56. The van der Waals surface area contributed by atoms with Crippen molar-refractivity contribution in [2.45, 2.75) is 31.4 Å². The molecule has 0 amide bonds. The topological polar surface area (TPSA) is 83.5 Å². The first-order valence-electron chi connectivity index (χ1n) is 8.27. The Morgan fingerprint density at radius 2 is 2.00 bits per heavy atom. The summed E-state index contributed by atoms with van der Waals surface area (Å²) in [6, 6.07) is 10.9. The molecule has 0 saturated heterocycles. The minimum Gasteiger partial charge on any atom is -0.481 e. The molecule has 2 atom stereocenters. The highest BCUT2D eigenvalue weighted by Crippen LogP contribution is 2.31. The van der Waals surface area contributed by atoms with Crippen molar-refractivity contribution in [2.24, 2.45) is 5.92 Å². The summed E-state index contributed by atoms with van der Waals surface area (Å²) in [5, 5.41) is 10.2. The van der Waals surface area contributed by atoms with E-state index in [2.05, 4.69) is 4.72 Å². The van der Waals surface area contributed by atoms with E-state index < -0.39 is 21.2 Å². The van der Waals surface area contributed by atoms with Crippen molar-refractivity contribution in [1.29, 1.82) is 0 Å². The van der Waals surface area contributed by atoms with E-state index in [1.54, 1.807) is 6.07 Å². The highest BCUT2D eigenvalue weighted by molar-refractivity contribution is 7.93. The molecule has 0 fully saturated rings. The molecule has 1 aliphatic carbocycles. The third kappa shape index (κ3) is 3.85. The van der Waals surface area contributed by atoms with Crippen LogP contribution in [0.5, 0.6) is 0 Å². The fourth-order valence-electron chi connectivity index (χ4n) is 3.28. The molecular formula is C19H21NO4S. The van der Waals surface area contributed by atoms with E-state index >= 15 is 0 Å². The summed E-state index contributed by atoms with van der Waals surface area (Å²) in [6.45, 7) is 1.99. The van der Waals surface area contributed by atoms with Gasteiger partial charge in [0.05, 0.1) is 17.4 Å². The summed E-state index contributed by atoms with van der Waals surface area (Å²) in [7, 11) is -3.61. The quantitative estimate of drug-likeness (QED) is 0.800. The van der Waals surface area contributed by atoms with Gasteiger partial charge in [-0.05, 0) is 29.7 Å². The maximum Gasteiger partial charge on any atom is 0.307 e. The SMILES string of the molecule is C[C@@H]1C=CC[C@@H](S(=O)(=O)Nc2c(CC(=O)O)ccc3ccccc23)C1. The Kier molecular flexibility index (Phi) is 4.81. The number of hydrogen-bond donors (Lipinski definition) is 2. The van der Waals surface area contributed by atoms with E-state index in [0.717, 1.165) is 5.39 Å². The summed E-state index contributed by atoms with van der Waals surface area (Å²) in [5.74, 6) is -0.786. The number of rotatable bonds is 5. The normalized spacial score (nSPS) is 20.5.